The van der Waals surface area contributed by atoms with Gasteiger partial charge in [-0.15, -0.1) is 0 Å². The van der Waals surface area contributed by atoms with Crippen LogP contribution in [0.15, 0.2) is 4.52 Å². The average Bonchev–Trinajstić information content (AvgIpc) is 2.83. The van der Waals surface area contributed by atoms with E-state index in [-0.39, 0.29) is 30.8 Å². The van der Waals surface area contributed by atoms with Gasteiger partial charge in [0, 0.05) is 13.0 Å². The molecule has 0 saturated heterocycles. The smallest absolute Gasteiger partial charge is 0.239 e. The fourth-order valence-electron chi connectivity index (χ4n) is 2.32. The SMILES string of the molecule is Cc1nc(CC(=O)NCC(=O)NC2CCCCC2)no1. The van der Waals surface area contributed by atoms with Gasteiger partial charge in [-0.3, -0.25) is 9.59 Å². The van der Waals surface area contributed by atoms with Gasteiger partial charge in [-0.25, -0.2) is 0 Å². The van der Waals surface area contributed by atoms with Gasteiger partial charge in [0.2, 0.25) is 17.7 Å². The number of aryl methyl sites for hydroxylation is 1. The summed E-state index contributed by atoms with van der Waals surface area (Å²) >= 11 is 0. The second-order valence-electron chi connectivity index (χ2n) is 5.09. The van der Waals surface area contributed by atoms with Gasteiger partial charge in [-0.2, -0.15) is 4.98 Å². The van der Waals surface area contributed by atoms with E-state index in [1.165, 1.54) is 6.42 Å². The van der Waals surface area contributed by atoms with Crippen molar-refractivity contribution in [2.45, 2.75) is 51.5 Å². The van der Waals surface area contributed by atoms with Crippen LogP contribution in [0.2, 0.25) is 0 Å². The first-order valence-corrected chi connectivity index (χ1v) is 6.99. The van der Waals surface area contributed by atoms with Gasteiger partial charge >= 0.3 is 0 Å². The molecule has 1 aliphatic rings. The van der Waals surface area contributed by atoms with Gasteiger partial charge in [0.25, 0.3) is 0 Å². The monoisotopic (exact) mass is 280 g/mol. The first-order valence-electron chi connectivity index (χ1n) is 6.99. The molecule has 0 spiro atoms. The van der Waals surface area contributed by atoms with E-state index in [2.05, 4.69) is 20.8 Å². The van der Waals surface area contributed by atoms with E-state index in [1.54, 1.807) is 6.92 Å². The molecule has 1 saturated carbocycles. The molecule has 7 heteroatoms. The van der Waals surface area contributed by atoms with Crippen LogP contribution in [0.1, 0.15) is 43.8 Å². The number of amides is 2. The fourth-order valence-corrected chi connectivity index (χ4v) is 2.32. The Balaban J connectivity index is 1.66. The lowest BCUT2D eigenvalue weighted by molar-refractivity contribution is -0.126. The summed E-state index contributed by atoms with van der Waals surface area (Å²) < 4.78 is 4.77. The molecule has 0 atom stereocenters. The summed E-state index contributed by atoms with van der Waals surface area (Å²) in [6.07, 6.45) is 5.65. The van der Waals surface area contributed by atoms with Crippen LogP contribution in [0.25, 0.3) is 0 Å². The van der Waals surface area contributed by atoms with Crippen molar-refractivity contribution >= 4 is 11.8 Å². The van der Waals surface area contributed by atoms with Crippen LogP contribution >= 0.6 is 0 Å². The Morgan fingerprint density at radius 3 is 2.65 bits per heavy atom. The quantitative estimate of drug-likeness (QED) is 0.818. The Labute approximate surface area is 117 Å². The second kappa shape index (κ2) is 7.02. The van der Waals surface area contributed by atoms with E-state index in [0.29, 0.717) is 11.7 Å². The molecule has 0 bridgehead atoms. The molecule has 7 nitrogen and oxygen atoms in total. The fraction of sp³-hybridized carbons (Fsp3) is 0.692. The van der Waals surface area contributed by atoms with Crippen LogP contribution in [-0.4, -0.2) is 34.5 Å². The predicted molar refractivity (Wildman–Crippen MR) is 70.8 cm³/mol. The molecular weight excluding hydrogens is 260 g/mol. The molecule has 1 aliphatic carbocycles. The van der Waals surface area contributed by atoms with E-state index in [9.17, 15) is 9.59 Å². The third-order valence-electron chi connectivity index (χ3n) is 3.30. The first kappa shape index (κ1) is 14.5. The Hall–Kier alpha value is -1.92. The summed E-state index contributed by atoms with van der Waals surface area (Å²) in [4.78, 5) is 27.2. The average molecular weight is 280 g/mol. The van der Waals surface area contributed by atoms with E-state index in [0.717, 1.165) is 25.7 Å². The van der Waals surface area contributed by atoms with E-state index < -0.39 is 0 Å². The third-order valence-corrected chi connectivity index (χ3v) is 3.30. The molecule has 0 unspecified atom stereocenters. The number of hydrogen-bond acceptors (Lipinski definition) is 5. The van der Waals surface area contributed by atoms with Crippen LogP contribution in [0.4, 0.5) is 0 Å². The molecule has 2 amide bonds. The predicted octanol–water partition coefficient (Wildman–Crippen LogP) is 0.486. The highest BCUT2D eigenvalue weighted by Crippen LogP contribution is 2.17. The maximum Gasteiger partial charge on any atom is 0.239 e. The molecule has 0 radical (unpaired) electrons. The van der Waals surface area contributed by atoms with Gasteiger partial charge in [0.15, 0.2) is 5.82 Å². The van der Waals surface area contributed by atoms with Crippen molar-refractivity contribution in [1.82, 2.24) is 20.8 Å². The molecule has 2 rings (SSSR count). The molecule has 1 fully saturated rings. The number of aromatic nitrogens is 2. The standard InChI is InChI=1S/C13H20N4O3/c1-9-15-11(17-20-9)7-12(18)14-8-13(19)16-10-5-3-2-4-6-10/h10H,2-8H2,1H3,(H,14,18)(H,16,19). The summed E-state index contributed by atoms with van der Waals surface area (Å²) in [5, 5.41) is 9.12. The van der Waals surface area contributed by atoms with Crippen molar-refractivity contribution in [3.63, 3.8) is 0 Å². The van der Waals surface area contributed by atoms with Crippen LogP contribution in [0, 0.1) is 6.92 Å². The van der Waals surface area contributed by atoms with Crippen LogP contribution in [-0.2, 0) is 16.0 Å². The molecule has 0 aromatic carbocycles. The van der Waals surface area contributed by atoms with E-state index in [4.69, 9.17) is 4.52 Å². The number of hydrogen-bond donors (Lipinski definition) is 2. The summed E-state index contributed by atoms with van der Waals surface area (Å²) in [7, 11) is 0. The van der Waals surface area contributed by atoms with E-state index in [1.807, 2.05) is 0 Å². The molecule has 0 aliphatic heterocycles. The highest BCUT2D eigenvalue weighted by Gasteiger charge is 2.16. The van der Waals surface area contributed by atoms with Gasteiger partial charge < -0.3 is 15.2 Å². The molecule has 1 aromatic heterocycles. The Morgan fingerprint density at radius 1 is 1.25 bits per heavy atom. The normalized spacial score (nSPS) is 15.8. The van der Waals surface area contributed by atoms with Crippen molar-refractivity contribution in [1.29, 1.82) is 0 Å². The summed E-state index contributed by atoms with van der Waals surface area (Å²) in [6, 6.07) is 0.257. The van der Waals surface area contributed by atoms with Crippen LogP contribution < -0.4 is 10.6 Å². The highest BCUT2D eigenvalue weighted by molar-refractivity contribution is 5.85. The van der Waals surface area contributed by atoms with Crippen molar-refractivity contribution in [2.75, 3.05) is 6.54 Å². The van der Waals surface area contributed by atoms with Crippen molar-refractivity contribution in [3.8, 4) is 0 Å². The number of rotatable bonds is 5. The van der Waals surface area contributed by atoms with Gasteiger partial charge in [0.05, 0.1) is 13.0 Å². The second-order valence-corrected chi connectivity index (χ2v) is 5.09. The number of nitrogens with one attached hydrogen (secondary N) is 2. The van der Waals surface area contributed by atoms with Crippen LogP contribution in [0.3, 0.4) is 0 Å². The molecular formula is C13H20N4O3. The maximum atomic E-state index is 11.7. The topological polar surface area (TPSA) is 97.1 Å². The molecule has 1 aromatic rings. The van der Waals surface area contributed by atoms with Crippen molar-refractivity contribution in [2.24, 2.45) is 0 Å². The van der Waals surface area contributed by atoms with Crippen molar-refractivity contribution in [3.05, 3.63) is 11.7 Å². The number of nitrogens with zero attached hydrogens (tertiary/aromatic N) is 2. The Kier molecular flexibility index (Phi) is 5.09. The summed E-state index contributed by atoms with van der Waals surface area (Å²) in [5.41, 5.74) is 0. The Bertz CT molecular complexity index is 466. The minimum absolute atomic E-state index is 0.00777. The third kappa shape index (κ3) is 4.64. The van der Waals surface area contributed by atoms with Crippen molar-refractivity contribution < 1.29 is 14.1 Å². The Morgan fingerprint density at radius 2 is 2.00 bits per heavy atom. The summed E-state index contributed by atoms with van der Waals surface area (Å²) in [5.74, 6) is 0.315. The lowest BCUT2D eigenvalue weighted by Gasteiger charge is -2.22. The molecule has 1 heterocycles. The van der Waals surface area contributed by atoms with Crippen LogP contribution in [0.5, 0.6) is 0 Å². The molecule has 110 valence electrons. The van der Waals surface area contributed by atoms with E-state index >= 15 is 0 Å². The zero-order chi connectivity index (χ0) is 14.4. The largest absolute Gasteiger partial charge is 0.352 e. The van der Waals surface area contributed by atoms with Gasteiger partial charge in [0.1, 0.15) is 0 Å². The zero-order valence-corrected chi connectivity index (χ0v) is 11.6. The molecule has 2 N–H and O–H groups in total. The van der Waals surface area contributed by atoms with Gasteiger partial charge in [-0.1, -0.05) is 24.4 Å². The highest BCUT2D eigenvalue weighted by atomic mass is 16.5. The first-order chi connectivity index (χ1) is 9.63. The maximum absolute atomic E-state index is 11.7. The van der Waals surface area contributed by atoms with Gasteiger partial charge in [-0.05, 0) is 12.8 Å². The minimum atomic E-state index is -0.287. The number of carbonyl (C=O) groups is 2. The lowest BCUT2D eigenvalue weighted by Crippen LogP contribution is -2.43. The molecule has 20 heavy (non-hydrogen) atoms. The number of carbonyl (C=O) groups excluding carboxylic acids is 2. The lowest BCUT2D eigenvalue weighted by atomic mass is 9.95. The summed E-state index contributed by atoms with van der Waals surface area (Å²) in [6.45, 7) is 1.65. The zero-order valence-electron chi connectivity index (χ0n) is 11.6. The minimum Gasteiger partial charge on any atom is -0.352 e.